The van der Waals surface area contributed by atoms with Gasteiger partial charge in [-0.3, -0.25) is 0 Å². The maximum absolute atomic E-state index is 10.9. The molecule has 0 radical (unpaired) electrons. The molecular formula is C41H62O3P+. The molecule has 0 bridgehead atoms. The second-order valence-electron chi connectivity index (χ2n) is 17.0. The molecule has 3 aromatic carbocycles. The van der Waals surface area contributed by atoms with Crippen LogP contribution in [0.1, 0.15) is 126 Å². The lowest BCUT2D eigenvalue weighted by Gasteiger charge is -2.38. The molecule has 0 spiro atoms. The first kappa shape index (κ1) is 37.4. The first-order valence-electron chi connectivity index (χ1n) is 17.0. The van der Waals surface area contributed by atoms with Gasteiger partial charge < -0.3 is 0 Å². The fourth-order valence-electron chi connectivity index (χ4n) is 6.06. The van der Waals surface area contributed by atoms with Gasteiger partial charge in [0.1, 0.15) is 0 Å². The molecule has 3 aromatic rings. The van der Waals surface area contributed by atoms with Gasteiger partial charge in [0.25, 0.3) is 0 Å². The second kappa shape index (κ2) is 13.6. The minimum atomic E-state index is -4.31. The highest BCUT2D eigenvalue weighted by Gasteiger charge is 2.41. The lowest BCUT2D eigenvalue weighted by molar-refractivity contribution is 0.144. The molecule has 4 heteroatoms. The van der Waals surface area contributed by atoms with E-state index in [9.17, 15) is 14.7 Å². The van der Waals surface area contributed by atoms with Gasteiger partial charge in [-0.05, 0) is 105 Å². The van der Waals surface area contributed by atoms with E-state index in [1.807, 2.05) is 6.07 Å². The minimum absolute atomic E-state index is 0.0338. The number of hydrogen-bond donors (Lipinski definition) is 3. The van der Waals surface area contributed by atoms with Crippen LogP contribution in [0.25, 0.3) is 22.3 Å². The van der Waals surface area contributed by atoms with Crippen LogP contribution < -0.4 is 5.30 Å². The Balaban J connectivity index is 2.37. The van der Waals surface area contributed by atoms with Crippen LogP contribution >= 0.6 is 7.94 Å². The molecule has 45 heavy (non-hydrogen) atoms. The summed E-state index contributed by atoms with van der Waals surface area (Å²) < 4.78 is 0. The second-order valence-corrected chi connectivity index (χ2v) is 18.6. The Kier molecular flexibility index (Phi) is 11.3. The van der Waals surface area contributed by atoms with Gasteiger partial charge in [0.2, 0.25) is 0 Å². The van der Waals surface area contributed by atoms with E-state index in [-0.39, 0.29) is 32.9 Å². The van der Waals surface area contributed by atoms with Crippen molar-refractivity contribution >= 4 is 13.2 Å². The van der Waals surface area contributed by atoms with Crippen LogP contribution in [-0.2, 0) is 17.3 Å². The normalized spacial score (nSPS) is 14.8. The van der Waals surface area contributed by atoms with Crippen molar-refractivity contribution in [3.63, 3.8) is 0 Å². The molecule has 0 aliphatic carbocycles. The minimum Gasteiger partial charge on any atom is -0.189 e. The van der Waals surface area contributed by atoms with Crippen molar-refractivity contribution in [2.24, 2.45) is 22.7 Å². The van der Waals surface area contributed by atoms with E-state index in [4.69, 9.17) is 0 Å². The molecule has 0 aliphatic rings. The maximum atomic E-state index is 10.9. The summed E-state index contributed by atoms with van der Waals surface area (Å²) in [7, 11) is -4.31. The highest BCUT2D eigenvalue weighted by molar-refractivity contribution is 7.66. The van der Waals surface area contributed by atoms with Crippen molar-refractivity contribution in [1.82, 2.24) is 0 Å². The molecule has 0 saturated heterocycles. The first-order chi connectivity index (χ1) is 20.5. The third kappa shape index (κ3) is 8.86. The summed E-state index contributed by atoms with van der Waals surface area (Å²) in [5.41, 5.74) is 7.80. The van der Waals surface area contributed by atoms with Gasteiger partial charge in [-0.1, -0.05) is 139 Å². The van der Waals surface area contributed by atoms with Crippen molar-refractivity contribution in [3.05, 3.63) is 77.4 Å². The molecule has 0 aromatic heterocycles. The van der Waals surface area contributed by atoms with Crippen LogP contribution in [0.2, 0.25) is 0 Å². The largest absolute Gasteiger partial charge is 0.441 e. The van der Waals surface area contributed by atoms with E-state index in [1.54, 1.807) is 6.07 Å². The molecule has 0 amide bonds. The van der Waals surface area contributed by atoms with Crippen molar-refractivity contribution in [2.75, 3.05) is 0 Å². The van der Waals surface area contributed by atoms with Gasteiger partial charge in [-0.25, -0.2) is 0 Å². The number of benzene rings is 3. The van der Waals surface area contributed by atoms with Crippen LogP contribution in [0, 0.1) is 22.7 Å². The Morgan fingerprint density at radius 1 is 0.600 bits per heavy atom. The predicted octanol–water partition coefficient (Wildman–Crippen LogP) is 11.0. The van der Waals surface area contributed by atoms with E-state index in [2.05, 4.69) is 139 Å². The van der Waals surface area contributed by atoms with Crippen LogP contribution in [0.5, 0.6) is 0 Å². The van der Waals surface area contributed by atoms with Crippen molar-refractivity contribution in [3.8, 4) is 22.3 Å². The quantitative estimate of drug-likeness (QED) is 0.184. The Bertz CT molecular complexity index is 1410. The van der Waals surface area contributed by atoms with Gasteiger partial charge in [-0.2, -0.15) is 14.7 Å². The molecule has 3 N–H and O–H groups in total. The molecule has 248 valence electrons. The smallest absolute Gasteiger partial charge is 0.189 e. The number of hydrogen-bond acceptors (Lipinski definition) is 3. The Morgan fingerprint density at radius 2 is 1.04 bits per heavy atom. The maximum Gasteiger partial charge on any atom is 0.441 e. The highest BCUT2D eigenvalue weighted by Crippen LogP contribution is 2.50. The molecule has 0 heterocycles. The zero-order valence-electron chi connectivity index (χ0n) is 30.5. The van der Waals surface area contributed by atoms with Gasteiger partial charge >= 0.3 is 7.94 Å². The molecule has 2 unspecified atom stereocenters. The summed E-state index contributed by atoms with van der Waals surface area (Å²) in [6.45, 7) is 29.6. The third-order valence-electron chi connectivity index (χ3n) is 11.1. The van der Waals surface area contributed by atoms with Gasteiger partial charge in [0.15, 0.2) is 5.30 Å². The lowest BCUT2D eigenvalue weighted by atomic mass is 9.68. The summed E-state index contributed by atoms with van der Waals surface area (Å²) in [4.78, 5) is 32.7. The van der Waals surface area contributed by atoms with Crippen LogP contribution in [0.4, 0.5) is 0 Å². The van der Waals surface area contributed by atoms with E-state index >= 15 is 0 Å². The zero-order valence-corrected chi connectivity index (χ0v) is 31.4. The first-order valence-corrected chi connectivity index (χ1v) is 18.6. The van der Waals surface area contributed by atoms with E-state index in [0.717, 1.165) is 47.1 Å². The molecule has 3 rings (SSSR count). The zero-order chi connectivity index (χ0) is 34.2. The average Bonchev–Trinajstić information content (AvgIpc) is 2.95. The van der Waals surface area contributed by atoms with Crippen LogP contribution in [0.3, 0.4) is 0 Å². The highest BCUT2D eigenvalue weighted by atomic mass is 31.2. The topological polar surface area (TPSA) is 60.7 Å². The Morgan fingerprint density at radius 3 is 1.42 bits per heavy atom. The summed E-state index contributed by atoms with van der Waals surface area (Å²) in [5.74, 6) is 0.704. The summed E-state index contributed by atoms with van der Waals surface area (Å²) >= 11 is 0. The van der Waals surface area contributed by atoms with Gasteiger partial charge in [0.05, 0.1) is 0 Å². The summed E-state index contributed by atoms with van der Waals surface area (Å²) in [5, 5.41) is 0.264. The summed E-state index contributed by atoms with van der Waals surface area (Å²) in [6.07, 6.45) is 3.71. The van der Waals surface area contributed by atoms with Crippen LogP contribution in [0.15, 0.2) is 60.7 Å². The van der Waals surface area contributed by atoms with Gasteiger partial charge in [-0.15, -0.1) is 0 Å². The van der Waals surface area contributed by atoms with Crippen molar-refractivity contribution in [2.45, 2.75) is 127 Å². The Hall–Kier alpha value is -2.03. The monoisotopic (exact) mass is 633 g/mol. The molecule has 0 aliphatic heterocycles. The molecule has 3 nitrogen and oxygen atoms in total. The molecule has 0 fully saturated rings. The van der Waals surface area contributed by atoms with Crippen molar-refractivity contribution < 1.29 is 14.7 Å². The van der Waals surface area contributed by atoms with Gasteiger partial charge in [0, 0.05) is 5.56 Å². The SMILES string of the molecule is CCC(C)(C)c1ccc(-c2ccc([P+](O)(O)O)c(CC(CC(C)C(C)(C)C)C(C)(C)C)c2-c2ccc(C(C)(C)CC)cc2)cc1. The summed E-state index contributed by atoms with van der Waals surface area (Å²) in [6, 6.07) is 21.4. The Labute approximate surface area is 276 Å². The molecule has 2 atom stereocenters. The predicted molar refractivity (Wildman–Crippen MR) is 197 cm³/mol. The van der Waals surface area contributed by atoms with Crippen LogP contribution in [-0.4, -0.2) is 14.7 Å². The standard InChI is InChI=1S/C41H62O3P/c1-14-40(10,11)31-20-16-29(17-21-31)34-24-25-36(45(42,43)44)35(27-33(39(7,8)9)26-28(3)38(4,5)6)37(34)30-18-22-32(23-19-30)41(12,13)15-2/h16-25,28,33,42-44H,14-15,26-27H2,1-13H3/q+1. The fourth-order valence-corrected chi connectivity index (χ4v) is 6.90. The third-order valence-corrected chi connectivity index (χ3v) is 12.2. The van der Waals surface area contributed by atoms with E-state index < -0.39 is 7.94 Å². The average molecular weight is 634 g/mol. The van der Waals surface area contributed by atoms with E-state index in [0.29, 0.717) is 12.3 Å². The van der Waals surface area contributed by atoms with Crippen molar-refractivity contribution in [1.29, 1.82) is 0 Å². The molecular weight excluding hydrogens is 571 g/mol. The molecule has 0 saturated carbocycles. The fraction of sp³-hybridized carbons (Fsp3) is 0.561. The lowest BCUT2D eigenvalue weighted by Crippen LogP contribution is -2.31. The number of rotatable bonds is 11. The van der Waals surface area contributed by atoms with E-state index in [1.165, 1.54) is 11.1 Å².